The molecule has 2 aromatic rings. The number of carbonyl (C=O) groups excluding carboxylic acids is 2. The highest BCUT2D eigenvalue weighted by Gasteiger charge is 2.41. The first-order valence-electron chi connectivity index (χ1n) is 12.6. The van der Waals surface area contributed by atoms with Crippen molar-refractivity contribution >= 4 is 23.5 Å². The second-order valence-corrected chi connectivity index (χ2v) is 10.8. The van der Waals surface area contributed by atoms with E-state index in [0.717, 1.165) is 39.6 Å². The molecule has 1 aliphatic carbocycles. The molecule has 0 saturated heterocycles. The minimum Gasteiger partial charge on any atom is -0.493 e. The van der Waals surface area contributed by atoms with Gasteiger partial charge in [-0.1, -0.05) is 42.8 Å². The van der Waals surface area contributed by atoms with Gasteiger partial charge in [0.1, 0.15) is 6.61 Å². The minimum atomic E-state index is -0.456. The average molecular weight is 522 g/mol. The van der Waals surface area contributed by atoms with Crippen LogP contribution in [-0.4, -0.2) is 44.1 Å². The Morgan fingerprint density at radius 1 is 1.00 bits per heavy atom. The van der Waals surface area contributed by atoms with Crippen molar-refractivity contribution in [3.8, 4) is 11.5 Å². The Labute approximate surface area is 223 Å². The normalized spacial score (nSPS) is 19.3. The Morgan fingerprint density at radius 2 is 1.70 bits per heavy atom. The van der Waals surface area contributed by atoms with Crippen molar-refractivity contribution in [3.63, 3.8) is 0 Å². The van der Waals surface area contributed by atoms with Gasteiger partial charge in [0.05, 0.1) is 19.8 Å². The van der Waals surface area contributed by atoms with E-state index in [1.807, 2.05) is 56.3 Å². The molecule has 196 valence electrons. The number of methoxy groups -OCH3 is 2. The van der Waals surface area contributed by atoms with Crippen molar-refractivity contribution in [1.82, 2.24) is 5.32 Å². The summed E-state index contributed by atoms with van der Waals surface area (Å²) >= 11 is 1.73. The maximum atomic E-state index is 13.8. The highest BCUT2D eigenvalue weighted by Crippen LogP contribution is 2.46. The highest BCUT2D eigenvalue weighted by molar-refractivity contribution is 7.99. The molecule has 37 heavy (non-hydrogen) atoms. The van der Waals surface area contributed by atoms with Gasteiger partial charge in [-0.3, -0.25) is 4.79 Å². The lowest BCUT2D eigenvalue weighted by Gasteiger charge is -2.36. The average Bonchev–Trinajstić information content (AvgIpc) is 2.90. The van der Waals surface area contributed by atoms with Crippen molar-refractivity contribution < 1.29 is 23.8 Å². The molecule has 0 radical (unpaired) electrons. The van der Waals surface area contributed by atoms with E-state index in [9.17, 15) is 9.59 Å². The van der Waals surface area contributed by atoms with Crippen molar-refractivity contribution in [2.24, 2.45) is 0 Å². The number of Topliss-reactive ketones (excluding diaryl/α,β-unsaturated/α-hetero) is 1. The molecule has 7 heteroatoms. The van der Waals surface area contributed by atoms with Gasteiger partial charge in [0, 0.05) is 35.1 Å². The van der Waals surface area contributed by atoms with Crippen molar-refractivity contribution in [3.05, 3.63) is 81.7 Å². The fraction of sp³-hybridized carbons (Fsp3) is 0.400. The summed E-state index contributed by atoms with van der Waals surface area (Å²) in [4.78, 5) is 27.1. The number of rotatable bonds is 9. The van der Waals surface area contributed by atoms with E-state index in [4.69, 9.17) is 14.2 Å². The quantitative estimate of drug-likeness (QED) is 0.337. The van der Waals surface area contributed by atoms with Crippen LogP contribution in [0.4, 0.5) is 0 Å². The second-order valence-electron chi connectivity index (χ2n) is 9.38. The van der Waals surface area contributed by atoms with Gasteiger partial charge in [0.15, 0.2) is 17.3 Å². The molecule has 0 saturated carbocycles. The first-order valence-corrected chi connectivity index (χ1v) is 13.8. The first kappa shape index (κ1) is 26.9. The van der Waals surface area contributed by atoms with Gasteiger partial charge in [-0.15, -0.1) is 0 Å². The minimum absolute atomic E-state index is 0.00964. The largest absolute Gasteiger partial charge is 0.493 e. The molecular weight excluding hydrogens is 486 g/mol. The number of hydrogen-bond donors (Lipinski definition) is 1. The number of carbonyl (C=O) groups is 2. The topological polar surface area (TPSA) is 73.9 Å². The number of nitrogens with one attached hydrogen (secondary N) is 1. The molecule has 2 atom stereocenters. The summed E-state index contributed by atoms with van der Waals surface area (Å²) in [6.45, 7) is 6.34. The van der Waals surface area contributed by atoms with Crippen LogP contribution >= 0.6 is 11.8 Å². The molecular formula is C30H35NO5S. The van der Waals surface area contributed by atoms with Gasteiger partial charge in [0.25, 0.3) is 0 Å². The Hall–Kier alpha value is -3.19. The van der Waals surface area contributed by atoms with Crippen LogP contribution in [-0.2, 0) is 14.3 Å². The van der Waals surface area contributed by atoms with Crippen LogP contribution in [0.3, 0.4) is 0 Å². The Kier molecular flexibility index (Phi) is 8.64. The maximum absolute atomic E-state index is 13.8. The number of ether oxygens (including phenoxy) is 3. The molecule has 0 spiro atoms. The van der Waals surface area contributed by atoms with E-state index >= 15 is 0 Å². The predicted molar refractivity (Wildman–Crippen MR) is 147 cm³/mol. The zero-order chi connectivity index (χ0) is 26.5. The maximum Gasteiger partial charge on any atom is 0.336 e. The molecule has 2 aromatic carbocycles. The summed E-state index contributed by atoms with van der Waals surface area (Å²) in [7, 11) is 3.22. The number of esters is 1. The molecule has 4 rings (SSSR count). The van der Waals surface area contributed by atoms with E-state index in [0.29, 0.717) is 42.1 Å². The molecule has 2 aliphatic rings. The summed E-state index contributed by atoms with van der Waals surface area (Å²) in [5.74, 6) is 2.22. The smallest absolute Gasteiger partial charge is 0.336 e. The summed E-state index contributed by atoms with van der Waals surface area (Å²) < 4.78 is 16.5. The van der Waals surface area contributed by atoms with E-state index in [1.54, 1.807) is 26.0 Å². The summed E-state index contributed by atoms with van der Waals surface area (Å²) in [6.07, 6.45) is 1.01. The number of allylic oxidation sites excluding steroid dienone is 3. The van der Waals surface area contributed by atoms with Crippen LogP contribution in [0.15, 0.2) is 65.0 Å². The highest BCUT2D eigenvalue weighted by atomic mass is 32.2. The fourth-order valence-corrected chi connectivity index (χ4v) is 5.65. The standard InChI is InChI=1S/C30H35NO5S/c1-6-37-14-13-36-30(33)27-19(3)31-23-15-22(21-11-12-25(34-4)26(17-21)35-5)16-24(32)29(23)28(27)20-9-7-18(2)8-10-20/h7-12,17,22,28,31H,6,13-16H2,1-5H3/t22-,28+/m1/s1. The lowest BCUT2D eigenvalue weighted by atomic mass is 9.71. The molecule has 0 amide bonds. The van der Waals surface area contributed by atoms with E-state index in [-0.39, 0.29) is 17.7 Å². The van der Waals surface area contributed by atoms with Crippen molar-refractivity contribution in [1.29, 1.82) is 0 Å². The van der Waals surface area contributed by atoms with Gasteiger partial charge in [0.2, 0.25) is 0 Å². The zero-order valence-electron chi connectivity index (χ0n) is 22.2. The Balaban J connectivity index is 1.70. The number of aryl methyl sites for hydroxylation is 1. The second kappa shape index (κ2) is 11.9. The van der Waals surface area contributed by atoms with Crippen LogP contribution in [0.25, 0.3) is 0 Å². The predicted octanol–water partition coefficient (Wildman–Crippen LogP) is 5.67. The number of dihydropyridines is 1. The van der Waals surface area contributed by atoms with Gasteiger partial charge in [-0.05, 0) is 55.2 Å². The number of thioether (sulfide) groups is 1. The number of ketones is 1. The molecule has 1 aliphatic heterocycles. The van der Waals surface area contributed by atoms with Crippen LogP contribution in [0, 0.1) is 6.92 Å². The third-order valence-electron chi connectivity index (χ3n) is 7.00. The lowest BCUT2D eigenvalue weighted by molar-refractivity contribution is -0.138. The molecule has 6 nitrogen and oxygen atoms in total. The molecule has 0 bridgehead atoms. The van der Waals surface area contributed by atoms with Gasteiger partial charge in [-0.25, -0.2) is 4.79 Å². The molecule has 0 aromatic heterocycles. The zero-order valence-corrected chi connectivity index (χ0v) is 23.0. The molecule has 0 fully saturated rings. The molecule has 0 unspecified atom stereocenters. The molecule has 1 heterocycles. The van der Waals surface area contributed by atoms with Crippen molar-refractivity contribution in [2.45, 2.75) is 45.4 Å². The van der Waals surface area contributed by atoms with Gasteiger partial charge >= 0.3 is 5.97 Å². The third-order valence-corrected chi connectivity index (χ3v) is 7.87. The Bertz CT molecular complexity index is 1230. The van der Waals surface area contributed by atoms with E-state index < -0.39 is 5.92 Å². The number of benzene rings is 2. The van der Waals surface area contributed by atoms with Gasteiger partial charge < -0.3 is 19.5 Å². The van der Waals surface area contributed by atoms with Crippen LogP contribution < -0.4 is 14.8 Å². The third kappa shape index (κ3) is 5.72. The van der Waals surface area contributed by atoms with E-state index in [2.05, 4.69) is 12.2 Å². The summed E-state index contributed by atoms with van der Waals surface area (Å²) in [5, 5.41) is 3.42. The first-order chi connectivity index (χ1) is 17.9. The number of hydrogen-bond acceptors (Lipinski definition) is 7. The lowest BCUT2D eigenvalue weighted by Crippen LogP contribution is -2.36. The van der Waals surface area contributed by atoms with Crippen LogP contribution in [0.2, 0.25) is 0 Å². The van der Waals surface area contributed by atoms with E-state index in [1.165, 1.54) is 0 Å². The molecule has 1 N–H and O–H groups in total. The summed E-state index contributed by atoms with van der Waals surface area (Å²) in [6, 6.07) is 13.9. The SMILES string of the molecule is CCSCCOC(=O)C1=C(C)NC2=C(C(=O)C[C@H](c3ccc(OC)c(OC)c3)C2)[C@H]1c1ccc(C)cc1. The van der Waals surface area contributed by atoms with Crippen LogP contribution in [0.5, 0.6) is 11.5 Å². The van der Waals surface area contributed by atoms with Crippen molar-refractivity contribution in [2.75, 3.05) is 32.3 Å². The van der Waals surface area contributed by atoms with Crippen LogP contribution in [0.1, 0.15) is 55.2 Å². The summed E-state index contributed by atoms with van der Waals surface area (Å²) in [5.41, 5.74) is 5.86. The van der Waals surface area contributed by atoms with Gasteiger partial charge in [-0.2, -0.15) is 11.8 Å². The fourth-order valence-electron chi connectivity index (χ4n) is 5.16. The Morgan fingerprint density at radius 3 is 2.38 bits per heavy atom. The monoisotopic (exact) mass is 521 g/mol.